The lowest BCUT2D eigenvalue weighted by Gasteiger charge is -2.27. The number of carboxylic acid groups (broad SMARTS) is 1. The zero-order valence-corrected chi connectivity index (χ0v) is 19.5. The molecule has 4 aliphatic rings. The summed E-state index contributed by atoms with van der Waals surface area (Å²) in [5, 5.41) is 10.1. The maximum absolute atomic E-state index is 14.3. The molecule has 0 radical (unpaired) electrons. The van der Waals surface area contributed by atoms with E-state index in [4.69, 9.17) is 4.74 Å². The highest BCUT2D eigenvalue weighted by Crippen LogP contribution is 2.57. The average molecular weight is 487 g/mol. The third-order valence-electron chi connectivity index (χ3n) is 7.74. The Labute approximate surface area is 199 Å². The molecule has 6 rings (SSSR count). The predicted molar refractivity (Wildman–Crippen MR) is 126 cm³/mol. The van der Waals surface area contributed by atoms with Crippen molar-refractivity contribution in [3.63, 3.8) is 0 Å². The van der Waals surface area contributed by atoms with E-state index >= 15 is 0 Å². The molecule has 2 aliphatic heterocycles. The standard InChI is InChI=1S/C25H27FN2O5S/c26-16-3-5-21(20(11-16)18-9-14(18)12-27-7-1-2-8-27)28(34(31)32)22-6-4-17-19-10-15(19)13-33-24(17)23(22)25(29)30/h3-6,11,14-15,18-19H,1-2,7-10,12-13H2,(H,29,30)(H,31,32)/t14?,15-,18?,19-/m0/s1. The third kappa shape index (κ3) is 3.79. The van der Waals surface area contributed by atoms with Crippen LogP contribution in [0.15, 0.2) is 30.3 Å². The molecule has 1 saturated heterocycles. The van der Waals surface area contributed by atoms with Gasteiger partial charge in [0, 0.05) is 12.5 Å². The molecule has 2 saturated carbocycles. The quantitative estimate of drug-likeness (QED) is 0.561. The molecule has 2 aromatic rings. The van der Waals surface area contributed by atoms with Crippen molar-refractivity contribution in [1.29, 1.82) is 0 Å². The largest absolute Gasteiger partial charge is 0.492 e. The van der Waals surface area contributed by atoms with E-state index in [9.17, 15) is 23.1 Å². The monoisotopic (exact) mass is 486 g/mol. The van der Waals surface area contributed by atoms with Gasteiger partial charge in [0.1, 0.15) is 17.1 Å². The SMILES string of the molecule is O=C(O)c1c(N(c2ccc(F)cc2C2CC2CN2CCCC2)S(=O)O)ccc2c1OC[C@@H]1C[C@H]21. The second-order valence-electron chi connectivity index (χ2n) is 9.93. The van der Waals surface area contributed by atoms with E-state index in [0.717, 1.165) is 42.3 Å². The van der Waals surface area contributed by atoms with Gasteiger partial charge in [-0.25, -0.2) is 17.7 Å². The van der Waals surface area contributed by atoms with Gasteiger partial charge in [-0.05, 0) is 91.9 Å². The van der Waals surface area contributed by atoms with Crippen molar-refractivity contribution in [2.75, 3.05) is 30.5 Å². The van der Waals surface area contributed by atoms with Crippen LogP contribution in [0, 0.1) is 17.7 Å². The molecule has 0 bridgehead atoms. The number of likely N-dealkylation sites (tertiary alicyclic amines) is 1. The predicted octanol–water partition coefficient (Wildman–Crippen LogP) is 4.49. The molecular formula is C25H27FN2O5S. The van der Waals surface area contributed by atoms with Crippen LogP contribution in [-0.4, -0.2) is 51.0 Å². The molecule has 2 heterocycles. The summed E-state index contributed by atoms with van der Waals surface area (Å²) in [4.78, 5) is 14.8. The molecule has 9 heteroatoms. The van der Waals surface area contributed by atoms with Gasteiger partial charge in [0.2, 0.25) is 0 Å². The maximum Gasteiger partial charge on any atom is 0.341 e. The highest BCUT2D eigenvalue weighted by Gasteiger charge is 2.46. The van der Waals surface area contributed by atoms with Gasteiger partial charge in [0.15, 0.2) is 0 Å². The van der Waals surface area contributed by atoms with Gasteiger partial charge >= 0.3 is 5.97 Å². The lowest BCUT2D eigenvalue weighted by molar-refractivity contribution is 0.0692. The minimum atomic E-state index is -2.57. The molecular weight excluding hydrogens is 459 g/mol. The van der Waals surface area contributed by atoms with E-state index in [1.165, 1.54) is 31.0 Å². The van der Waals surface area contributed by atoms with E-state index in [0.29, 0.717) is 29.7 Å². The van der Waals surface area contributed by atoms with Crippen LogP contribution in [0.4, 0.5) is 15.8 Å². The summed E-state index contributed by atoms with van der Waals surface area (Å²) in [6.07, 6.45) is 4.23. The number of hydrogen-bond donors (Lipinski definition) is 2. The molecule has 7 nitrogen and oxygen atoms in total. The summed E-state index contributed by atoms with van der Waals surface area (Å²) in [5.41, 5.74) is 1.80. The van der Waals surface area contributed by atoms with Crippen molar-refractivity contribution in [2.45, 2.75) is 37.5 Å². The Balaban J connectivity index is 1.40. The Morgan fingerprint density at radius 1 is 1.12 bits per heavy atom. The smallest absolute Gasteiger partial charge is 0.341 e. The van der Waals surface area contributed by atoms with Crippen molar-refractivity contribution in [1.82, 2.24) is 4.90 Å². The van der Waals surface area contributed by atoms with E-state index in [1.54, 1.807) is 12.1 Å². The lowest BCUT2D eigenvalue weighted by atomic mass is 9.99. The minimum Gasteiger partial charge on any atom is -0.492 e. The molecule has 2 N–H and O–H groups in total. The molecule has 2 aromatic carbocycles. The molecule has 0 amide bonds. The second kappa shape index (κ2) is 8.32. The van der Waals surface area contributed by atoms with Crippen LogP contribution in [0.2, 0.25) is 0 Å². The number of benzene rings is 2. The van der Waals surface area contributed by atoms with Gasteiger partial charge in [-0.1, -0.05) is 6.07 Å². The Morgan fingerprint density at radius 2 is 1.88 bits per heavy atom. The van der Waals surface area contributed by atoms with Crippen LogP contribution in [0.1, 0.15) is 59.0 Å². The third-order valence-corrected chi connectivity index (χ3v) is 8.45. The summed E-state index contributed by atoms with van der Waals surface area (Å²) in [7, 11) is 0. The zero-order chi connectivity index (χ0) is 23.6. The van der Waals surface area contributed by atoms with Crippen molar-refractivity contribution in [2.24, 2.45) is 11.8 Å². The summed E-state index contributed by atoms with van der Waals surface area (Å²) in [6, 6.07) is 7.54. The van der Waals surface area contributed by atoms with Gasteiger partial charge in [-0.3, -0.25) is 4.55 Å². The highest BCUT2D eigenvalue weighted by molar-refractivity contribution is 7.81. The number of carbonyl (C=O) groups is 1. The zero-order valence-electron chi connectivity index (χ0n) is 18.7. The minimum absolute atomic E-state index is 0.0618. The molecule has 3 unspecified atom stereocenters. The molecule has 34 heavy (non-hydrogen) atoms. The Kier molecular flexibility index (Phi) is 5.38. The molecule has 3 fully saturated rings. The normalized spacial score (nSPS) is 27.9. The van der Waals surface area contributed by atoms with Crippen LogP contribution < -0.4 is 9.04 Å². The maximum atomic E-state index is 14.3. The first-order chi connectivity index (χ1) is 16.4. The number of carboxylic acids is 1. The molecule has 0 spiro atoms. The Hall–Kier alpha value is -2.49. The number of nitrogens with zero attached hydrogens (tertiary/aromatic N) is 2. The topological polar surface area (TPSA) is 90.3 Å². The Morgan fingerprint density at radius 3 is 2.62 bits per heavy atom. The fourth-order valence-corrected chi connectivity index (χ4v) is 6.50. The number of aromatic carboxylic acids is 1. The van der Waals surface area contributed by atoms with Gasteiger partial charge < -0.3 is 14.7 Å². The Bertz CT molecular complexity index is 1180. The number of hydrogen-bond acceptors (Lipinski definition) is 4. The number of halogens is 1. The van der Waals surface area contributed by atoms with E-state index in [2.05, 4.69) is 4.90 Å². The summed E-state index contributed by atoms with van der Waals surface area (Å²) < 4.78 is 44.3. The van der Waals surface area contributed by atoms with Gasteiger partial charge in [0.05, 0.1) is 18.0 Å². The van der Waals surface area contributed by atoms with Crippen molar-refractivity contribution < 1.29 is 27.8 Å². The van der Waals surface area contributed by atoms with Crippen molar-refractivity contribution in [3.8, 4) is 5.75 Å². The first kappa shape index (κ1) is 22.0. The first-order valence-electron chi connectivity index (χ1n) is 11.9. The molecule has 2 aliphatic carbocycles. The van der Waals surface area contributed by atoms with Crippen LogP contribution in [-0.2, 0) is 11.3 Å². The van der Waals surface area contributed by atoms with E-state index in [-0.39, 0.29) is 28.8 Å². The number of ether oxygens (including phenoxy) is 1. The average Bonchev–Trinajstić information content (AvgIpc) is 3.70. The number of fused-ring (bicyclic) bond motifs is 3. The van der Waals surface area contributed by atoms with Gasteiger partial charge in [0.25, 0.3) is 11.3 Å². The van der Waals surface area contributed by atoms with Gasteiger partial charge in [-0.2, -0.15) is 0 Å². The second-order valence-corrected chi connectivity index (χ2v) is 10.8. The van der Waals surface area contributed by atoms with Crippen molar-refractivity contribution >= 4 is 28.6 Å². The fourth-order valence-electron chi connectivity index (χ4n) is 5.85. The number of anilines is 2. The molecule has 0 aromatic heterocycles. The highest BCUT2D eigenvalue weighted by atomic mass is 32.2. The van der Waals surface area contributed by atoms with Crippen LogP contribution >= 0.6 is 0 Å². The molecule has 5 atom stereocenters. The first-order valence-corrected chi connectivity index (χ1v) is 12.9. The van der Waals surface area contributed by atoms with Crippen LogP contribution in [0.3, 0.4) is 0 Å². The number of rotatable bonds is 7. The van der Waals surface area contributed by atoms with Crippen LogP contribution in [0.25, 0.3) is 0 Å². The van der Waals surface area contributed by atoms with E-state index < -0.39 is 23.1 Å². The lowest BCUT2D eigenvalue weighted by Crippen LogP contribution is -2.25. The fraction of sp³-hybridized carbons (Fsp3) is 0.480. The summed E-state index contributed by atoms with van der Waals surface area (Å²) >= 11 is -2.57. The van der Waals surface area contributed by atoms with E-state index in [1.807, 2.05) is 0 Å². The summed E-state index contributed by atoms with van der Waals surface area (Å²) in [5.74, 6) is -0.250. The van der Waals surface area contributed by atoms with Crippen LogP contribution in [0.5, 0.6) is 5.75 Å². The van der Waals surface area contributed by atoms with Crippen molar-refractivity contribution in [3.05, 3.63) is 52.8 Å². The molecule has 180 valence electrons. The van der Waals surface area contributed by atoms with Gasteiger partial charge in [-0.15, -0.1) is 0 Å². The summed E-state index contributed by atoms with van der Waals surface area (Å²) in [6.45, 7) is 3.53.